The maximum absolute atomic E-state index is 14.1. The number of hydrogen-bond donors (Lipinski definition) is 3. The maximum atomic E-state index is 14.1. The Hall–Kier alpha value is -2.04. The Labute approximate surface area is 312 Å². The number of piperidine rings is 2. The number of nitrogens with zero attached hydrogens (tertiary/aromatic N) is 3. The molecule has 1 aromatic heterocycles. The van der Waals surface area contributed by atoms with Crippen LogP contribution in [-0.2, 0) is 11.2 Å². The summed E-state index contributed by atoms with van der Waals surface area (Å²) in [5.74, 6) is 0.555. The third-order valence-electron chi connectivity index (χ3n) is 10.2. The minimum absolute atomic E-state index is 0.0264. The number of amides is 3. The number of hydrogen-bond acceptors (Lipinski definition) is 4. The van der Waals surface area contributed by atoms with Crippen LogP contribution in [0.5, 0.6) is 0 Å². The van der Waals surface area contributed by atoms with Crippen molar-refractivity contribution in [3.05, 3.63) is 72.6 Å². The zero-order chi connectivity index (χ0) is 33.8. The van der Waals surface area contributed by atoms with Gasteiger partial charge in [-0.3, -0.25) is 4.57 Å². The minimum atomic E-state index is -0.689. The molecule has 3 fully saturated rings. The molecule has 3 N–H and O–H groups in total. The zero-order valence-electron chi connectivity index (χ0n) is 26.9. The van der Waals surface area contributed by atoms with Crippen molar-refractivity contribution in [2.45, 2.75) is 75.9 Å². The third kappa shape index (κ3) is 8.63. The monoisotopic (exact) mass is 862 g/mol. The van der Waals surface area contributed by atoms with Crippen molar-refractivity contribution in [2.24, 2.45) is 5.92 Å². The molecule has 6 rings (SSSR count). The average molecular weight is 865 g/mol. The molecule has 0 saturated carbocycles. The number of aromatic amines is 1. The predicted octanol–water partition coefficient (Wildman–Crippen LogP) is 5.54. The number of halogens is 3. The molecular weight excluding hydrogens is 823 g/mol. The first-order chi connectivity index (χ1) is 23.2. The van der Waals surface area contributed by atoms with Gasteiger partial charge in [0.15, 0.2) is 0 Å². The fourth-order valence-corrected chi connectivity index (χ4v) is 9.19. The van der Waals surface area contributed by atoms with E-state index in [2.05, 4.69) is 64.3 Å². The number of nitrogens with one attached hydrogen (secondary N) is 3. The van der Waals surface area contributed by atoms with Crippen LogP contribution in [-0.4, -0.2) is 92.9 Å². The SMILES string of the molecule is O=C(N[C@H](Cc1cc(Br)c([As])c(Br)c1)C(=O)N1CCC(C2CCCCCN2)CC1)N1CCC(n2cc(-c3cccc(Cl)c3)[nH]c2=O)CC1. The van der Waals surface area contributed by atoms with E-state index in [1.807, 2.05) is 41.4 Å². The molecule has 48 heavy (non-hydrogen) atoms. The molecule has 3 aliphatic rings. The Morgan fingerprint density at radius 3 is 2.38 bits per heavy atom. The van der Waals surface area contributed by atoms with Crippen LogP contribution in [0, 0.1) is 5.92 Å². The number of benzene rings is 2. The molecule has 0 bridgehead atoms. The van der Waals surface area contributed by atoms with Crippen LogP contribution in [0.3, 0.4) is 0 Å². The normalized spacial score (nSPS) is 20.4. The molecule has 1 unspecified atom stereocenters. The Bertz CT molecular complexity index is 1640. The van der Waals surface area contributed by atoms with Crippen LogP contribution >= 0.6 is 43.5 Å². The fourth-order valence-electron chi connectivity index (χ4n) is 7.44. The summed E-state index contributed by atoms with van der Waals surface area (Å²) in [6, 6.07) is 11.0. The predicted molar refractivity (Wildman–Crippen MR) is 198 cm³/mol. The molecule has 0 aliphatic carbocycles. The van der Waals surface area contributed by atoms with E-state index >= 15 is 0 Å². The summed E-state index contributed by atoms with van der Waals surface area (Å²) in [6.45, 7) is 3.48. The van der Waals surface area contributed by atoms with E-state index in [4.69, 9.17) is 11.6 Å². The molecule has 13 heteroatoms. The van der Waals surface area contributed by atoms with Gasteiger partial charge in [-0.05, 0) is 31.5 Å². The van der Waals surface area contributed by atoms with Gasteiger partial charge in [-0.2, -0.15) is 0 Å². The molecule has 3 amide bonds. The second-order valence-corrected chi connectivity index (χ2v) is 16.4. The number of rotatable bonds is 7. The summed E-state index contributed by atoms with van der Waals surface area (Å²) in [7, 11) is 0. The molecule has 9 nitrogen and oxygen atoms in total. The van der Waals surface area contributed by atoms with Crippen molar-refractivity contribution in [3.63, 3.8) is 0 Å². The van der Waals surface area contributed by atoms with Crippen LogP contribution in [0.4, 0.5) is 4.79 Å². The van der Waals surface area contributed by atoms with E-state index in [-0.39, 0.29) is 23.7 Å². The van der Waals surface area contributed by atoms with Crippen LogP contribution in [0.1, 0.15) is 63.0 Å². The number of aromatic nitrogens is 2. The first kappa shape index (κ1) is 35.8. The quantitative estimate of drug-likeness (QED) is 0.272. The van der Waals surface area contributed by atoms with Crippen LogP contribution in [0.15, 0.2) is 56.3 Å². The molecule has 256 valence electrons. The van der Waals surface area contributed by atoms with Gasteiger partial charge in [0.25, 0.3) is 0 Å². The van der Waals surface area contributed by atoms with Crippen molar-refractivity contribution in [3.8, 4) is 11.3 Å². The fraction of sp³-hybridized carbons (Fsp3) is 0.514. The summed E-state index contributed by atoms with van der Waals surface area (Å²) in [5, 5.41) is 7.49. The Morgan fingerprint density at radius 1 is 0.958 bits per heavy atom. The van der Waals surface area contributed by atoms with Crippen molar-refractivity contribution in [1.82, 2.24) is 30.0 Å². The first-order valence-corrected chi connectivity index (χ1v) is 19.9. The third-order valence-corrected chi connectivity index (χ3v) is 14.0. The second kappa shape index (κ2) is 16.3. The topological polar surface area (TPSA) is 102 Å². The van der Waals surface area contributed by atoms with E-state index in [1.165, 1.54) is 25.7 Å². The van der Waals surface area contributed by atoms with E-state index in [1.54, 1.807) is 15.5 Å². The summed E-state index contributed by atoms with van der Waals surface area (Å²) < 4.78 is 4.62. The molecule has 3 aliphatic heterocycles. The van der Waals surface area contributed by atoms with Crippen molar-refractivity contribution < 1.29 is 9.59 Å². The van der Waals surface area contributed by atoms with Gasteiger partial charge in [-0.15, -0.1) is 0 Å². The van der Waals surface area contributed by atoms with Crippen molar-refractivity contribution in [1.29, 1.82) is 0 Å². The van der Waals surface area contributed by atoms with E-state index in [0.717, 1.165) is 43.8 Å². The van der Waals surface area contributed by atoms with Gasteiger partial charge in [0.05, 0.1) is 5.69 Å². The van der Waals surface area contributed by atoms with Crippen molar-refractivity contribution >= 4 is 76.6 Å². The van der Waals surface area contributed by atoms with Crippen LogP contribution in [0.2, 0.25) is 5.02 Å². The molecule has 2 radical (unpaired) electrons. The second-order valence-electron chi connectivity index (χ2n) is 13.3. The average Bonchev–Trinajstić information content (AvgIpc) is 3.28. The van der Waals surface area contributed by atoms with Gasteiger partial charge < -0.3 is 10.3 Å². The number of urea groups is 1. The molecule has 0 spiro atoms. The van der Waals surface area contributed by atoms with Crippen LogP contribution in [0.25, 0.3) is 11.3 Å². The zero-order valence-corrected chi connectivity index (χ0v) is 32.7. The van der Waals surface area contributed by atoms with E-state index in [0.29, 0.717) is 68.1 Å². The molecule has 3 aromatic rings. The number of imidazole rings is 1. The molecule has 4 heterocycles. The van der Waals surface area contributed by atoms with E-state index in [9.17, 15) is 14.4 Å². The molecular formula is C35H42AsBr2ClN6O3. The van der Waals surface area contributed by atoms with E-state index < -0.39 is 6.04 Å². The molecule has 2 aromatic carbocycles. The summed E-state index contributed by atoms with van der Waals surface area (Å²) >= 11 is 16.0. The first-order valence-electron chi connectivity index (χ1n) is 17.0. The van der Waals surface area contributed by atoms with Crippen molar-refractivity contribution in [2.75, 3.05) is 32.7 Å². The Kier molecular flexibility index (Phi) is 12.2. The number of carbonyl (C=O) groups is 2. The number of carbonyl (C=O) groups excluding carboxylic acids is 2. The molecule has 3 saturated heterocycles. The van der Waals surface area contributed by atoms with Gasteiger partial charge >= 0.3 is 204 Å². The van der Waals surface area contributed by atoms with Gasteiger partial charge in [0.2, 0.25) is 0 Å². The van der Waals surface area contributed by atoms with Gasteiger partial charge in [-0.25, -0.2) is 4.79 Å². The van der Waals surface area contributed by atoms with Gasteiger partial charge in [0.1, 0.15) is 0 Å². The summed E-state index contributed by atoms with van der Waals surface area (Å²) in [5.41, 5.74) is 2.35. The number of likely N-dealkylation sites (tertiary alicyclic amines) is 2. The molecule has 2 atom stereocenters. The van der Waals surface area contributed by atoms with Gasteiger partial charge in [0, 0.05) is 16.8 Å². The Morgan fingerprint density at radius 2 is 1.67 bits per heavy atom. The number of H-pyrrole nitrogens is 1. The standard InChI is InChI=1S/C35H42AsBr2ClN6O3/c36-32-27(37)17-22(18-28(32)38)19-30(33(46)43-13-8-23(9-14-43)29-7-2-1-3-12-40-29)41-34(47)44-15-10-26(11-16-44)45-21-31(42-35(45)48)24-5-4-6-25(39)20-24/h4-6,17-18,20-21,23,26,29-30,40H,1-3,7-16,19H2,(H,41,47)(H,42,48)/t29?,30-/m1/s1. The summed E-state index contributed by atoms with van der Waals surface area (Å²) in [4.78, 5) is 47.4. The van der Waals surface area contributed by atoms with Gasteiger partial charge in [-0.1, -0.05) is 36.6 Å². The summed E-state index contributed by atoms with van der Waals surface area (Å²) in [6.07, 6.45) is 10.5. The van der Waals surface area contributed by atoms with Crippen LogP contribution < -0.4 is 20.7 Å². The Balaban J connectivity index is 1.11.